The maximum absolute atomic E-state index is 12.8. The van der Waals surface area contributed by atoms with Crippen molar-refractivity contribution in [3.63, 3.8) is 0 Å². The Morgan fingerprint density at radius 2 is 1.77 bits per heavy atom. The highest BCUT2D eigenvalue weighted by Gasteiger charge is 2.33. The van der Waals surface area contributed by atoms with Crippen LogP contribution in [0.1, 0.15) is 63.7 Å². The monoisotopic (exact) mass is 365 g/mol. The van der Waals surface area contributed by atoms with Gasteiger partial charge in [-0.3, -0.25) is 4.79 Å². The van der Waals surface area contributed by atoms with Crippen molar-refractivity contribution in [1.29, 1.82) is 0 Å². The Labute approximate surface area is 156 Å². The van der Waals surface area contributed by atoms with Crippen LogP contribution in [0, 0.1) is 0 Å². The smallest absolute Gasteiger partial charge is 0.341 e. The van der Waals surface area contributed by atoms with Gasteiger partial charge in [0.05, 0.1) is 13.7 Å². The second-order valence-electron chi connectivity index (χ2n) is 6.33. The first kappa shape index (κ1) is 22.0. The van der Waals surface area contributed by atoms with Crippen molar-refractivity contribution in [3.05, 3.63) is 23.8 Å². The maximum atomic E-state index is 12.8. The lowest BCUT2D eigenvalue weighted by atomic mass is 9.98. The minimum Gasteiger partial charge on any atom is -0.493 e. The topological polar surface area (TPSA) is 73.9 Å². The molecule has 0 bridgehead atoms. The number of benzene rings is 1. The van der Waals surface area contributed by atoms with E-state index in [1.165, 1.54) is 7.11 Å². The van der Waals surface area contributed by atoms with E-state index in [1.54, 1.807) is 25.1 Å². The first-order valence-corrected chi connectivity index (χ1v) is 9.22. The van der Waals surface area contributed by atoms with Gasteiger partial charge in [-0.1, -0.05) is 27.2 Å². The van der Waals surface area contributed by atoms with E-state index in [1.807, 2.05) is 20.8 Å². The largest absolute Gasteiger partial charge is 0.493 e. The summed E-state index contributed by atoms with van der Waals surface area (Å²) in [5.74, 6) is -0.299. The number of carbonyl (C=O) groups excluding carboxylic acids is 2. The van der Waals surface area contributed by atoms with Gasteiger partial charge in [0.1, 0.15) is 16.9 Å². The number of rotatable bonds is 11. The molecule has 1 aromatic carbocycles. The van der Waals surface area contributed by atoms with Crippen LogP contribution in [0.25, 0.3) is 0 Å². The van der Waals surface area contributed by atoms with E-state index in [9.17, 15) is 9.59 Å². The molecule has 0 unspecified atom stereocenters. The van der Waals surface area contributed by atoms with Crippen molar-refractivity contribution in [2.24, 2.45) is 0 Å². The lowest BCUT2D eigenvalue weighted by molar-refractivity contribution is -0.140. The molecular formula is C20H31NO5. The Kier molecular flexibility index (Phi) is 9.13. The zero-order valence-electron chi connectivity index (χ0n) is 16.5. The van der Waals surface area contributed by atoms with Gasteiger partial charge in [0, 0.05) is 12.3 Å². The Balaban J connectivity index is 3.03. The number of amides is 1. The van der Waals surface area contributed by atoms with Crippen LogP contribution < -0.4 is 10.1 Å². The fraction of sp³-hybridized carbons (Fsp3) is 0.600. The number of nitrogens with one attached hydrogen (secondary N) is 1. The van der Waals surface area contributed by atoms with Crippen molar-refractivity contribution >= 4 is 17.6 Å². The standard InChI is InChI=1S/C20H31NO5/c1-6-11-20(4,26-13-8-3)19(23)21-15-9-10-17(25-12-7-2)16(14-15)18(22)24-5/h9-10,14H,6-8,11-13H2,1-5H3,(H,21,23)/t20-/m0/s1. The summed E-state index contributed by atoms with van der Waals surface area (Å²) in [6.07, 6.45) is 3.09. The van der Waals surface area contributed by atoms with E-state index >= 15 is 0 Å². The zero-order valence-corrected chi connectivity index (χ0v) is 16.5. The number of hydrogen-bond acceptors (Lipinski definition) is 5. The Morgan fingerprint density at radius 1 is 1.08 bits per heavy atom. The molecule has 146 valence electrons. The molecule has 0 saturated carbocycles. The van der Waals surface area contributed by atoms with E-state index in [4.69, 9.17) is 14.2 Å². The number of carbonyl (C=O) groups is 2. The molecule has 0 fully saturated rings. The molecule has 0 heterocycles. The summed E-state index contributed by atoms with van der Waals surface area (Å²) in [7, 11) is 1.31. The van der Waals surface area contributed by atoms with Gasteiger partial charge in [-0.2, -0.15) is 0 Å². The summed E-state index contributed by atoms with van der Waals surface area (Å²) in [6, 6.07) is 4.95. The molecule has 6 heteroatoms. The molecule has 1 amide bonds. The number of esters is 1. The van der Waals surface area contributed by atoms with Crippen molar-refractivity contribution in [1.82, 2.24) is 0 Å². The third-order valence-electron chi connectivity index (χ3n) is 3.94. The molecule has 0 aromatic heterocycles. The summed E-state index contributed by atoms with van der Waals surface area (Å²) in [6.45, 7) is 8.80. The van der Waals surface area contributed by atoms with Gasteiger partial charge in [0.25, 0.3) is 5.91 Å². The molecule has 0 aliphatic heterocycles. The Bertz CT molecular complexity index is 602. The van der Waals surface area contributed by atoms with Crippen LogP contribution in [0.2, 0.25) is 0 Å². The van der Waals surface area contributed by atoms with Crippen molar-refractivity contribution < 1.29 is 23.8 Å². The third-order valence-corrected chi connectivity index (χ3v) is 3.94. The number of hydrogen-bond donors (Lipinski definition) is 1. The van der Waals surface area contributed by atoms with Gasteiger partial charge >= 0.3 is 5.97 Å². The normalized spacial score (nSPS) is 13.0. The second-order valence-corrected chi connectivity index (χ2v) is 6.33. The fourth-order valence-corrected chi connectivity index (χ4v) is 2.53. The molecule has 1 aromatic rings. The maximum Gasteiger partial charge on any atom is 0.341 e. The molecule has 1 rings (SSSR count). The van der Waals surface area contributed by atoms with Crippen LogP contribution in [0.3, 0.4) is 0 Å². The Hall–Kier alpha value is -2.08. The van der Waals surface area contributed by atoms with Gasteiger partial charge in [0.15, 0.2) is 0 Å². The van der Waals surface area contributed by atoms with Crippen LogP contribution in [0.5, 0.6) is 5.75 Å². The highest BCUT2D eigenvalue weighted by atomic mass is 16.5. The van der Waals surface area contributed by atoms with Crippen LogP contribution in [-0.2, 0) is 14.3 Å². The molecule has 1 N–H and O–H groups in total. The third kappa shape index (κ3) is 6.02. The lowest BCUT2D eigenvalue weighted by Crippen LogP contribution is -2.43. The predicted molar refractivity (Wildman–Crippen MR) is 102 cm³/mol. The average Bonchev–Trinajstić information content (AvgIpc) is 2.64. The quantitative estimate of drug-likeness (QED) is 0.595. The van der Waals surface area contributed by atoms with Crippen LogP contribution in [-0.4, -0.2) is 37.8 Å². The summed E-state index contributed by atoms with van der Waals surface area (Å²) in [4.78, 5) is 24.8. The van der Waals surface area contributed by atoms with E-state index < -0.39 is 11.6 Å². The van der Waals surface area contributed by atoms with Crippen LogP contribution >= 0.6 is 0 Å². The van der Waals surface area contributed by atoms with Crippen molar-refractivity contribution in [2.45, 2.75) is 59.0 Å². The minimum atomic E-state index is -0.909. The van der Waals surface area contributed by atoms with Crippen LogP contribution in [0.4, 0.5) is 5.69 Å². The molecule has 0 aliphatic rings. The SMILES string of the molecule is CCCOc1ccc(NC(=O)[C@](C)(CCC)OCCC)cc1C(=O)OC. The highest BCUT2D eigenvalue weighted by molar-refractivity contribution is 5.99. The van der Waals surface area contributed by atoms with Gasteiger partial charge in [-0.05, 0) is 44.4 Å². The molecule has 0 saturated heterocycles. The molecule has 0 spiro atoms. The predicted octanol–water partition coefficient (Wildman–Crippen LogP) is 4.19. The summed E-state index contributed by atoms with van der Waals surface area (Å²) in [5.41, 5.74) is -0.125. The molecule has 6 nitrogen and oxygen atoms in total. The lowest BCUT2D eigenvalue weighted by Gasteiger charge is -2.28. The molecular weight excluding hydrogens is 334 g/mol. The van der Waals surface area contributed by atoms with Gasteiger partial charge < -0.3 is 19.5 Å². The molecule has 0 aliphatic carbocycles. The van der Waals surface area contributed by atoms with E-state index in [-0.39, 0.29) is 11.5 Å². The first-order valence-electron chi connectivity index (χ1n) is 9.22. The Morgan fingerprint density at radius 3 is 2.35 bits per heavy atom. The highest BCUT2D eigenvalue weighted by Crippen LogP contribution is 2.26. The average molecular weight is 365 g/mol. The summed E-state index contributed by atoms with van der Waals surface area (Å²) >= 11 is 0. The van der Waals surface area contributed by atoms with Crippen LogP contribution in [0.15, 0.2) is 18.2 Å². The first-order chi connectivity index (χ1) is 12.4. The van der Waals surface area contributed by atoms with Gasteiger partial charge in [-0.15, -0.1) is 0 Å². The van der Waals surface area contributed by atoms with Gasteiger partial charge in [0.2, 0.25) is 0 Å². The van der Waals surface area contributed by atoms with E-state index in [2.05, 4.69) is 5.32 Å². The minimum absolute atomic E-state index is 0.231. The van der Waals surface area contributed by atoms with E-state index in [0.29, 0.717) is 31.1 Å². The van der Waals surface area contributed by atoms with Gasteiger partial charge in [-0.25, -0.2) is 4.79 Å². The van der Waals surface area contributed by atoms with Crippen molar-refractivity contribution in [2.75, 3.05) is 25.6 Å². The van der Waals surface area contributed by atoms with E-state index in [0.717, 1.165) is 19.3 Å². The molecule has 0 radical (unpaired) electrons. The molecule has 26 heavy (non-hydrogen) atoms. The number of ether oxygens (including phenoxy) is 3. The summed E-state index contributed by atoms with van der Waals surface area (Å²) in [5, 5.41) is 2.85. The second kappa shape index (κ2) is 10.8. The summed E-state index contributed by atoms with van der Waals surface area (Å²) < 4.78 is 16.2. The molecule has 1 atom stereocenters. The number of anilines is 1. The van der Waals surface area contributed by atoms with Crippen molar-refractivity contribution in [3.8, 4) is 5.75 Å². The number of methoxy groups -OCH3 is 1. The fourth-order valence-electron chi connectivity index (χ4n) is 2.53. The zero-order chi connectivity index (χ0) is 19.6.